The molecule has 0 unspecified atom stereocenters. The van der Waals surface area contributed by atoms with E-state index in [9.17, 15) is 0 Å². The molecule has 0 saturated heterocycles. The second-order valence-corrected chi connectivity index (χ2v) is 4.68. The minimum atomic E-state index is 0.503. The zero-order valence-corrected chi connectivity index (χ0v) is 9.85. The van der Waals surface area contributed by atoms with Crippen LogP contribution in [0.25, 0.3) is 0 Å². The lowest BCUT2D eigenvalue weighted by atomic mass is 9.96. The molecule has 0 atom stereocenters. The van der Waals surface area contributed by atoms with Gasteiger partial charge in [-0.2, -0.15) is 4.37 Å². The molecular weight excluding hydrogens is 210 g/mol. The van der Waals surface area contributed by atoms with Crippen LogP contribution < -0.4 is 5.32 Å². The number of nitrogens with one attached hydrogen (secondary N) is 1. The van der Waals surface area contributed by atoms with Gasteiger partial charge in [0.25, 0.3) is 0 Å². The van der Waals surface area contributed by atoms with Crippen LogP contribution >= 0.6 is 11.5 Å². The quantitative estimate of drug-likeness (QED) is 0.858. The van der Waals surface area contributed by atoms with E-state index in [0.29, 0.717) is 12.6 Å². The summed E-state index contributed by atoms with van der Waals surface area (Å²) in [5, 5.41) is 4.39. The van der Waals surface area contributed by atoms with Gasteiger partial charge >= 0.3 is 0 Å². The molecule has 5 heteroatoms. The van der Waals surface area contributed by atoms with E-state index in [1.165, 1.54) is 43.6 Å². The van der Waals surface area contributed by atoms with E-state index in [0.717, 1.165) is 11.0 Å². The number of nitrogens with zero attached hydrogens (tertiary/aromatic N) is 2. The number of aromatic nitrogens is 2. The van der Waals surface area contributed by atoms with E-state index in [1.807, 2.05) is 0 Å². The molecule has 1 aromatic heterocycles. The van der Waals surface area contributed by atoms with E-state index < -0.39 is 0 Å². The van der Waals surface area contributed by atoms with E-state index in [-0.39, 0.29) is 0 Å². The van der Waals surface area contributed by atoms with Crippen LogP contribution in [0.3, 0.4) is 0 Å². The lowest BCUT2D eigenvalue weighted by Crippen LogP contribution is -2.22. The molecule has 1 aromatic rings. The Morgan fingerprint density at radius 1 is 1.40 bits per heavy atom. The fourth-order valence-corrected chi connectivity index (χ4v) is 2.57. The summed E-state index contributed by atoms with van der Waals surface area (Å²) in [6.45, 7) is 0.503. The SMILES string of the molecule is COCc1nsc(NC2CCCCC2)n1. The molecule has 0 bridgehead atoms. The zero-order chi connectivity index (χ0) is 10.5. The molecule has 4 nitrogen and oxygen atoms in total. The van der Waals surface area contributed by atoms with Crippen LogP contribution in [0.2, 0.25) is 0 Å². The van der Waals surface area contributed by atoms with Crippen LogP contribution in [0.4, 0.5) is 5.13 Å². The number of methoxy groups -OCH3 is 1. The van der Waals surface area contributed by atoms with Crippen molar-refractivity contribution < 1.29 is 4.74 Å². The number of ether oxygens (including phenoxy) is 1. The van der Waals surface area contributed by atoms with Crippen molar-refractivity contribution in [1.82, 2.24) is 9.36 Å². The van der Waals surface area contributed by atoms with Gasteiger partial charge in [0.1, 0.15) is 6.61 Å². The Morgan fingerprint density at radius 3 is 2.93 bits per heavy atom. The first kappa shape index (κ1) is 10.8. The van der Waals surface area contributed by atoms with Gasteiger partial charge in [0, 0.05) is 24.7 Å². The summed E-state index contributed by atoms with van der Waals surface area (Å²) in [5.74, 6) is 0.779. The molecule has 0 aliphatic heterocycles. The first-order chi connectivity index (χ1) is 7.38. The van der Waals surface area contributed by atoms with Crippen molar-refractivity contribution in [3.63, 3.8) is 0 Å². The van der Waals surface area contributed by atoms with Crippen molar-refractivity contribution in [3.05, 3.63) is 5.82 Å². The monoisotopic (exact) mass is 227 g/mol. The van der Waals surface area contributed by atoms with Gasteiger partial charge in [-0.15, -0.1) is 0 Å². The summed E-state index contributed by atoms with van der Waals surface area (Å²) in [6, 6.07) is 0.599. The fourth-order valence-electron chi connectivity index (χ4n) is 1.92. The van der Waals surface area contributed by atoms with Crippen LogP contribution in [0.1, 0.15) is 37.9 Å². The molecule has 0 amide bonds. The van der Waals surface area contributed by atoms with Crippen LogP contribution in [-0.4, -0.2) is 22.5 Å². The first-order valence-corrected chi connectivity index (χ1v) is 6.24. The van der Waals surface area contributed by atoms with Crippen LogP contribution in [0, 0.1) is 0 Å². The Bertz CT molecular complexity index is 297. The molecule has 1 aliphatic rings. The van der Waals surface area contributed by atoms with Gasteiger partial charge in [-0.05, 0) is 12.8 Å². The van der Waals surface area contributed by atoms with Gasteiger partial charge in [0.2, 0.25) is 5.13 Å². The maximum absolute atomic E-state index is 4.99. The Kier molecular flexibility index (Phi) is 3.91. The van der Waals surface area contributed by atoms with Crippen molar-refractivity contribution in [2.45, 2.75) is 44.8 Å². The van der Waals surface area contributed by atoms with Crippen LogP contribution in [0.15, 0.2) is 0 Å². The molecule has 1 saturated carbocycles. The van der Waals surface area contributed by atoms with Crippen LogP contribution in [0.5, 0.6) is 0 Å². The minimum Gasteiger partial charge on any atom is -0.377 e. The molecule has 1 aliphatic carbocycles. The molecule has 1 N–H and O–H groups in total. The molecule has 1 heterocycles. The van der Waals surface area contributed by atoms with Crippen molar-refractivity contribution >= 4 is 16.7 Å². The molecule has 2 rings (SSSR count). The third-order valence-corrected chi connectivity index (χ3v) is 3.36. The maximum atomic E-state index is 4.99. The highest BCUT2D eigenvalue weighted by Crippen LogP contribution is 2.22. The predicted molar refractivity (Wildman–Crippen MR) is 61.1 cm³/mol. The van der Waals surface area contributed by atoms with Gasteiger partial charge in [0.05, 0.1) is 0 Å². The van der Waals surface area contributed by atoms with Crippen molar-refractivity contribution in [2.24, 2.45) is 0 Å². The largest absolute Gasteiger partial charge is 0.377 e. The van der Waals surface area contributed by atoms with Gasteiger partial charge in [-0.3, -0.25) is 0 Å². The van der Waals surface area contributed by atoms with Gasteiger partial charge in [-0.25, -0.2) is 4.98 Å². The molecule has 0 aromatic carbocycles. The van der Waals surface area contributed by atoms with Gasteiger partial charge < -0.3 is 10.1 Å². The normalized spacial score (nSPS) is 17.9. The predicted octanol–water partition coefficient (Wildman–Crippen LogP) is 2.43. The second kappa shape index (κ2) is 5.42. The second-order valence-electron chi connectivity index (χ2n) is 3.93. The summed E-state index contributed by atoms with van der Waals surface area (Å²) < 4.78 is 9.20. The van der Waals surface area contributed by atoms with Crippen molar-refractivity contribution in [3.8, 4) is 0 Å². The molecule has 0 spiro atoms. The summed E-state index contributed by atoms with van der Waals surface area (Å²) in [6.07, 6.45) is 6.57. The Balaban J connectivity index is 1.86. The Morgan fingerprint density at radius 2 is 2.20 bits per heavy atom. The lowest BCUT2D eigenvalue weighted by molar-refractivity contribution is 0.179. The molecule has 15 heavy (non-hydrogen) atoms. The van der Waals surface area contributed by atoms with Crippen LogP contribution in [-0.2, 0) is 11.3 Å². The van der Waals surface area contributed by atoms with E-state index in [1.54, 1.807) is 7.11 Å². The van der Waals surface area contributed by atoms with Gasteiger partial charge in [0.15, 0.2) is 5.82 Å². The molecule has 0 radical (unpaired) electrons. The summed E-state index contributed by atoms with van der Waals surface area (Å²) in [5.41, 5.74) is 0. The number of rotatable bonds is 4. The minimum absolute atomic E-state index is 0.503. The first-order valence-electron chi connectivity index (χ1n) is 5.46. The zero-order valence-electron chi connectivity index (χ0n) is 9.03. The van der Waals surface area contributed by atoms with E-state index in [2.05, 4.69) is 14.7 Å². The molecular formula is C10H17N3OS. The number of anilines is 1. The average Bonchev–Trinajstić information content (AvgIpc) is 2.68. The third kappa shape index (κ3) is 3.14. The summed E-state index contributed by atoms with van der Waals surface area (Å²) in [4.78, 5) is 4.37. The third-order valence-electron chi connectivity index (χ3n) is 2.67. The highest BCUT2D eigenvalue weighted by molar-refractivity contribution is 7.09. The van der Waals surface area contributed by atoms with E-state index in [4.69, 9.17) is 4.74 Å². The smallest absolute Gasteiger partial charge is 0.202 e. The summed E-state index contributed by atoms with van der Waals surface area (Å²) >= 11 is 1.43. The molecule has 84 valence electrons. The highest BCUT2D eigenvalue weighted by Gasteiger charge is 2.14. The number of hydrogen-bond acceptors (Lipinski definition) is 5. The fraction of sp³-hybridized carbons (Fsp3) is 0.800. The Labute approximate surface area is 94.2 Å². The average molecular weight is 227 g/mol. The molecule has 1 fully saturated rings. The lowest BCUT2D eigenvalue weighted by Gasteiger charge is -2.21. The van der Waals surface area contributed by atoms with Crippen molar-refractivity contribution in [1.29, 1.82) is 0 Å². The maximum Gasteiger partial charge on any atom is 0.202 e. The number of hydrogen-bond donors (Lipinski definition) is 1. The highest BCUT2D eigenvalue weighted by atomic mass is 32.1. The van der Waals surface area contributed by atoms with Crippen molar-refractivity contribution in [2.75, 3.05) is 12.4 Å². The standard InChI is InChI=1S/C10H17N3OS/c1-14-7-9-12-10(15-13-9)11-8-5-3-2-4-6-8/h8H,2-7H2,1H3,(H,11,12,13). The van der Waals surface area contributed by atoms with Gasteiger partial charge in [-0.1, -0.05) is 19.3 Å². The Hall–Kier alpha value is -0.680. The van der Waals surface area contributed by atoms with E-state index >= 15 is 0 Å². The topological polar surface area (TPSA) is 47.0 Å². The summed E-state index contributed by atoms with van der Waals surface area (Å²) in [7, 11) is 1.66.